The van der Waals surface area contributed by atoms with Crippen molar-refractivity contribution in [1.29, 1.82) is 0 Å². The van der Waals surface area contributed by atoms with Crippen molar-refractivity contribution in [2.24, 2.45) is 0 Å². The van der Waals surface area contributed by atoms with Gasteiger partial charge in [0.1, 0.15) is 17.9 Å². The van der Waals surface area contributed by atoms with Crippen molar-refractivity contribution < 1.29 is 18.8 Å². The number of hydrogen-bond acceptors (Lipinski definition) is 3. The molecule has 4 amide bonds. The number of carbonyl (C=O) groups is 3. The van der Waals surface area contributed by atoms with Crippen LogP contribution in [0, 0.1) is 5.82 Å². The Kier molecular flexibility index (Phi) is 7.35. The van der Waals surface area contributed by atoms with Crippen molar-refractivity contribution >= 4 is 39.5 Å². The molecule has 27 heavy (non-hydrogen) atoms. The minimum Gasteiger partial charge on any atom is -0.323 e. The van der Waals surface area contributed by atoms with Crippen LogP contribution in [0.2, 0.25) is 0 Å². The molecule has 1 unspecified atom stereocenters. The summed E-state index contributed by atoms with van der Waals surface area (Å²) in [6.45, 7) is 3.36. The quantitative estimate of drug-likeness (QED) is 0.445. The molecule has 1 saturated heterocycles. The Morgan fingerprint density at radius 2 is 1.96 bits per heavy atom. The van der Waals surface area contributed by atoms with Crippen LogP contribution in [0.15, 0.2) is 22.7 Å². The number of urea groups is 1. The summed E-state index contributed by atoms with van der Waals surface area (Å²) in [7, 11) is 0. The number of benzene rings is 1. The predicted octanol–water partition coefficient (Wildman–Crippen LogP) is 4.20. The lowest BCUT2D eigenvalue weighted by atomic mass is 9.94. The van der Waals surface area contributed by atoms with Crippen molar-refractivity contribution in [3.63, 3.8) is 0 Å². The molecule has 0 bridgehead atoms. The zero-order chi connectivity index (χ0) is 20.0. The van der Waals surface area contributed by atoms with Crippen molar-refractivity contribution in [2.45, 2.75) is 57.9 Å². The molecule has 1 fully saturated rings. The van der Waals surface area contributed by atoms with E-state index in [1.165, 1.54) is 12.1 Å². The van der Waals surface area contributed by atoms with Gasteiger partial charge in [0.2, 0.25) is 5.91 Å². The Hall–Kier alpha value is -1.96. The first-order valence-corrected chi connectivity index (χ1v) is 9.95. The van der Waals surface area contributed by atoms with Crippen LogP contribution < -0.4 is 10.6 Å². The minimum atomic E-state index is -0.994. The van der Waals surface area contributed by atoms with Gasteiger partial charge in [0.15, 0.2) is 0 Å². The molecule has 8 heteroatoms. The second kappa shape index (κ2) is 9.30. The summed E-state index contributed by atoms with van der Waals surface area (Å²) < 4.78 is 14.4. The van der Waals surface area contributed by atoms with Gasteiger partial charge in [-0.1, -0.05) is 55.0 Å². The van der Waals surface area contributed by atoms with E-state index in [0.717, 1.165) is 37.0 Å². The maximum Gasteiger partial charge on any atom is 0.325 e. The molecule has 1 aromatic rings. The number of carbonyl (C=O) groups excluding carboxylic acids is 3. The lowest BCUT2D eigenvalue weighted by Crippen LogP contribution is -2.44. The summed E-state index contributed by atoms with van der Waals surface area (Å²) in [6, 6.07) is 3.62. The number of nitrogens with one attached hydrogen (secondary N) is 2. The Labute approximate surface area is 167 Å². The van der Waals surface area contributed by atoms with Crippen LogP contribution in [0.3, 0.4) is 0 Å². The van der Waals surface area contributed by atoms with E-state index in [4.69, 9.17) is 0 Å². The summed E-state index contributed by atoms with van der Waals surface area (Å²) in [6.07, 6.45) is 5.73. The van der Waals surface area contributed by atoms with E-state index in [9.17, 15) is 18.8 Å². The molecule has 148 valence electrons. The first-order valence-electron chi connectivity index (χ1n) is 9.16. The monoisotopic (exact) mass is 441 g/mol. The van der Waals surface area contributed by atoms with Gasteiger partial charge >= 0.3 is 6.03 Å². The highest BCUT2D eigenvalue weighted by atomic mass is 79.9. The molecule has 0 radical (unpaired) electrons. The number of hydrogen-bond donors (Lipinski definition) is 2. The van der Waals surface area contributed by atoms with Gasteiger partial charge in [0.05, 0.1) is 5.69 Å². The molecule has 1 aliphatic rings. The van der Waals surface area contributed by atoms with Crippen molar-refractivity contribution in [1.82, 2.24) is 10.2 Å². The van der Waals surface area contributed by atoms with Gasteiger partial charge in [-0.2, -0.15) is 0 Å². The molecule has 2 rings (SSSR count). The topological polar surface area (TPSA) is 78.5 Å². The Morgan fingerprint density at radius 1 is 1.26 bits per heavy atom. The standard InChI is InChI=1S/C19H25BrFN3O3/c1-3-4-5-6-7-10-19(2)17(26)24(18(27)23-19)12-16(25)22-15-9-8-13(20)11-14(15)21/h8-9,11H,3-7,10,12H2,1-2H3,(H,22,25)(H,23,27). The zero-order valence-corrected chi connectivity index (χ0v) is 17.2. The average Bonchev–Trinajstić information content (AvgIpc) is 2.81. The summed E-state index contributed by atoms with van der Waals surface area (Å²) >= 11 is 3.14. The maximum absolute atomic E-state index is 13.8. The first-order chi connectivity index (χ1) is 12.8. The van der Waals surface area contributed by atoms with Gasteiger partial charge in [0.25, 0.3) is 5.91 Å². The maximum atomic E-state index is 13.8. The van der Waals surface area contributed by atoms with Crippen molar-refractivity contribution in [3.05, 3.63) is 28.5 Å². The highest BCUT2D eigenvalue weighted by Gasteiger charge is 2.47. The van der Waals surface area contributed by atoms with Crippen molar-refractivity contribution in [3.8, 4) is 0 Å². The third kappa shape index (κ3) is 5.51. The van der Waals surface area contributed by atoms with E-state index in [1.807, 2.05) is 0 Å². The highest BCUT2D eigenvalue weighted by molar-refractivity contribution is 9.10. The number of rotatable bonds is 9. The summed E-state index contributed by atoms with van der Waals surface area (Å²) in [4.78, 5) is 37.9. The average molecular weight is 442 g/mol. The van der Waals surface area contributed by atoms with E-state index in [1.54, 1.807) is 13.0 Å². The Bertz CT molecular complexity index is 728. The molecule has 2 N–H and O–H groups in total. The Balaban J connectivity index is 1.93. The van der Waals surface area contributed by atoms with Crippen molar-refractivity contribution in [2.75, 3.05) is 11.9 Å². The largest absolute Gasteiger partial charge is 0.325 e. The molecule has 1 heterocycles. The predicted molar refractivity (Wildman–Crippen MR) is 105 cm³/mol. The highest BCUT2D eigenvalue weighted by Crippen LogP contribution is 2.24. The van der Waals surface area contributed by atoms with Gasteiger partial charge in [-0.25, -0.2) is 9.18 Å². The van der Waals surface area contributed by atoms with Gasteiger partial charge in [-0.05, 0) is 31.5 Å². The lowest BCUT2D eigenvalue weighted by Gasteiger charge is -2.21. The van der Waals surface area contributed by atoms with Crippen LogP contribution in [-0.4, -0.2) is 34.8 Å². The van der Waals surface area contributed by atoms with Crippen LogP contribution in [0.1, 0.15) is 52.4 Å². The molecule has 0 aliphatic carbocycles. The van der Waals surface area contributed by atoms with E-state index < -0.39 is 35.7 Å². The SMILES string of the molecule is CCCCCCCC1(C)NC(=O)N(CC(=O)Nc2ccc(Br)cc2F)C1=O. The van der Waals surface area contributed by atoms with Crippen LogP contribution in [0.4, 0.5) is 14.9 Å². The number of nitrogens with zero attached hydrogens (tertiary/aromatic N) is 1. The molecule has 0 aromatic heterocycles. The van der Waals surface area contributed by atoms with E-state index in [2.05, 4.69) is 33.5 Å². The fourth-order valence-electron chi connectivity index (χ4n) is 3.07. The third-order valence-corrected chi connectivity index (χ3v) is 5.13. The van der Waals surface area contributed by atoms with Gasteiger partial charge < -0.3 is 10.6 Å². The second-order valence-electron chi connectivity index (χ2n) is 6.99. The molecule has 1 aromatic carbocycles. The summed E-state index contributed by atoms with van der Waals surface area (Å²) in [5.74, 6) is -1.66. The summed E-state index contributed by atoms with van der Waals surface area (Å²) in [5.41, 5.74) is -0.999. The third-order valence-electron chi connectivity index (χ3n) is 4.63. The molecule has 1 aliphatic heterocycles. The van der Waals surface area contributed by atoms with E-state index >= 15 is 0 Å². The molecule has 0 saturated carbocycles. The number of amides is 4. The van der Waals surface area contributed by atoms with Gasteiger partial charge in [-0.3, -0.25) is 14.5 Å². The molecule has 0 spiro atoms. The molecular weight excluding hydrogens is 417 g/mol. The van der Waals surface area contributed by atoms with Crippen LogP contribution in [-0.2, 0) is 9.59 Å². The molecule has 6 nitrogen and oxygen atoms in total. The second-order valence-corrected chi connectivity index (χ2v) is 7.91. The molecular formula is C19H25BrFN3O3. The van der Waals surface area contributed by atoms with Crippen LogP contribution in [0.5, 0.6) is 0 Å². The fourth-order valence-corrected chi connectivity index (χ4v) is 3.40. The molecule has 1 atom stereocenters. The number of halogens is 2. The van der Waals surface area contributed by atoms with Gasteiger partial charge in [-0.15, -0.1) is 0 Å². The van der Waals surface area contributed by atoms with Crippen LogP contribution >= 0.6 is 15.9 Å². The van der Waals surface area contributed by atoms with E-state index in [0.29, 0.717) is 10.9 Å². The first kappa shape index (κ1) is 21.3. The summed E-state index contributed by atoms with van der Waals surface area (Å²) in [5, 5.41) is 5.08. The van der Waals surface area contributed by atoms with E-state index in [-0.39, 0.29) is 5.69 Å². The minimum absolute atomic E-state index is 0.00561. The number of anilines is 1. The Morgan fingerprint density at radius 3 is 2.63 bits per heavy atom. The lowest BCUT2D eigenvalue weighted by molar-refractivity contribution is -0.133. The normalized spacial score (nSPS) is 19.3. The number of imide groups is 1. The van der Waals surface area contributed by atoms with Crippen LogP contribution in [0.25, 0.3) is 0 Å². The number of unbranched alkanes of at least 4 members (excludes halogenated alkanes) is 4. The fraction of sp³-hybridized carbons (Fsp3) is 0.526. The smallest absolute Gasteiger partial charge is 0.323 e. The zero-order valence-electron chi connectivity index (χ0n) is 15.6. The van der Waals surface area contributed by atoms with Gasteiger partial charge in [0, 0.05) is 4.47 Å².